The molecule has 0 aliphatic carbocycles. The average molecular weight is 571 g/mol. The predicted octanol–water partition coefficient (Wildman–Crippen LogP) is 4.21. The summed E-state index contributed by atoms with van der Waals surface area (Å²) in [6.07, 6.45) is 8.86. The van der Waals surface area contributed by atoms with Gasteiger partial charge in [-0.1, -0.05) is 23.7 Å². The van der Waals surface area contributed by atoms with Crippen molar-refractivity contribution in [1.29, 1.82) is 0 Å². The molecule has 3 unspecified atom stereocenters. The highest BCUT2D eigenvalue weighted by molar-refractivity contribution is 14.0. The fraction of sp³-hybridized carbons (Fsp3) is 0.583. The molecule has 1 aromatic carbocycles. The number of benzene rings is 1. The zero-order chi connectivity index (χ0) is 21.8. The predicted molar refractivity (Wildman–Crippen MR) is 143 cm³/mol. The minimum absolute atomic E-state index is 0. The number of nitrogens with one attached hydrogen (secondary N) is 1. The Labute approximate surface area is 214 Å². The van der Waals surface area contributed by atoms with Crippen molar-refractivity contribution >= 4 is 41.5 Å². The lowest BCUT2D eigenvalue weighted by Gasteiger charge is -2.40. The Hall–Kier alpha value is -1.32. The van der Waals surface area contributed by atoms with Gasteiger partial charge in [-0.2, -0.15) is 5.10 Å². The van der Waals surface area contributed by atoms with Crippen LogP contribution in [-0.2, 0) is 13.5 Å². The Morgan fingerprint density at radius 3 is 2.81 bits per heavy atom. The van der Waals surface area contributed by atoms with Gasteiger partial charge in [0.15, 0.2) is 5.96 Å². The third-order valence-corrected chi connectivity index (χ3v) is 7.03. The van der Waals surface area contributed by atoms with Crippen molar-refractivity contribution in [3.8, 4) is 0 Å². The van der Waals surface area contributed by atoms with E-state index in [2.05, 4.69) is 56.7 Å². The van der Waals surface area contributed by atoms with Gasteiger partial charge in [-0.15, -0.1) is 24.0 Å². The fourth-order valence-corrected chi connectivity index (χ4v) is 5.55. The average Bonchev–Trinajstić information content (AvgIpc) is 3.38. The van der Waals surface area contributed by atoms with Crippen molar-refractivity contribution in [2.75, 3.05) is 40.3 Å². The molecule has 4 rings (SSSR count). The number of aryl methyl sites for hydroxylation is 1. The number of hydrogen-bond acceptors (Lipinski definition) is 3. The second kappa shape index (κ2) is 11.7. The molecule has 0 amide bonds. The molecule has 2 aliphatic heterocycles. The molecule has 32 heavy (non-hydrogen) atoms. The van der Waals surface area contributed by atoms with Gasteiger partial charge < -0.3 is 10.2 Å². The van der Waals surface area contributed by atoms with Crippen molar-refractivity contribution in [1.82, 2.24) is 24.9 Å². The van der Waals surface area contributed by atoms with Crippen molar-refractivity contribution in [3.63, 3.8) is 0 Å². The van der Waals surface area contributed by atoms with Gasteiger partial charge in [-0.25, -0.2) is 0 Å². The topological polar surface area (TPSA) is 48.7 Å². The molecule has 2 fully saturated rings. The molecule has 2 aliphatic rings. The lowest BCUT2D eigenvalue weighted by Crippen LogP contribution is -2.46. The van der Waals surface area contributed by atoms with E-state index < -0.39 is 0 Å². The molecule has 3 heterocycles. The van der Waals surface area contributed by atoms with Crippen molar-refractivity contribution in [2.45, 2.75) is 31.7 Å². The van der Waals surface area contributed by atoms with Crippen LogP contribution in [0, 0.1) is 11.8 Å². The Kier molecular flexibility index (Phi) is 9.25. The first kappa shape index (κ1) is 25.3. The Morgan fingerprint density at radius 1 is 1.25 bits per heavy atom. The number of hydrogen-bond donors (Lipinski definition) is 1. The highest BCUT2D eigenvalue weighted by Gasteiger charge is 2.32. The molecule has 0 bridgehead atoms. The van der Waals surface area contributed by atoms with E-state index in [0.717, 1.165) is 43.6 Å². The molecule has 8 heteroatoms. The first-order valence-electron chi connectivity index (χ1n) is 11.4. The Morgan fingerprint density at radius 2 is 2.09 bits per heavy atom. The first-order valence-corrected chi connectivity index (χ1v) is 11.8. The van der Waals surface area contributed by atoms with E-state index in [4.69, 9.17) is 11.6 Å². The minimum atomic E-state index is 0. The smallest absolute Gasteiger partial charge is 0.193 e. The van der Waals surface area contributed by atoms with Crippen molar-refractivity contribution in [2.24, 2.45) is 23.9 Å². The van der Waals surface area contributed by atoms with Gasteiger partial charge >= 0.3 is 0 Å². The molecule has 176 valence electrons. The van der Waals surface area contributed by atoms with Gasteiger partial charge in [-0.3, -0.25) is 14.6 Å². The largest absolute Gasteiger partial charge is 0.356 e. The number of piperidine rings is 1. The van der Waals surface area contributed by atoms with Crippen LogP contribution in [0.2, 0.25) is 5.02 Å². The van der Waals surface area contributed by atoms with E-state index in [1.807, 2.05) is 31.0 Å². The molecule has 0 radical (unpaired) electrons. The molecule has 2 saturated heterocycles. The van der Waals surface area contributed by atoms with Crippen LogP contribution in [-0.4, -0.2) is 65.8 Å². The van der Waals surface area contributed by atoms with Crippen LogP contribution in [0.25, 0.3) is 0 Å². The quantitative estimate of drug-likeness (QED) is 0.332. The summed E-state index contributed by atoms with van der Waals surface area (Å²) in [7, 11) is 6.11. The lowest BCUT2D eigenvalue weighted by atomic mass is 9.85. The maximum atomic E-state index is 6.30. The third kappa shape index (κ3) is 6.17. The normalized spacial score (nSPS) is 24.4. The number of aromatic nitrogens is 2. The summed E-state index contributed by atoms with van der Waals surface area (Å²) in [4.78, 5) is 9.51. The van der Waals surface area contributed by atoms with Gasteiger partial charge in [0.1, 0.15) is 0 Å². The SMILES string of the molecule is CN=C(NCC1CCCN(C)C1c1cccc(Cl)c1)N1CCC(Cc2cnn(C)c2)C1.I. The molecule has 0 saturated carbocycles. The molecule has 6 nitrogen and oxygen atoms in total. The van der Waals surface area contributed by atoms with Gasteiger partial charge in [0.2, 0.25) is 0 Å². The maximum absolute atomic E-state index is 6.30. The van der Waals surface area contributed by atoms with E-state index >= 15 is 0 Å². The van der Waals surface area contributed by atoms with Gasteiger partial charge in [0.25, 0.3) is 0 Å². The molecule has 1 aromatic heterocycles. The van der Waals surface area contributed by atoms with Crippen LogP contribution in [0.15, 0.2) is 41.7 Å². The highest BCUT2D eigenvalue weighted by Crippen LogP contribution is 2.35. The van der Waals surface area contributed by atoms with Crippen molar-refractivity contribution in [3.05, 3.63) is 52.8 Å². The molecular weight excluding hydrogens is 535 g/mol. The molecule has 2 aromatic rings. The summed E-state index contributed by atoms with van der Waals surface area (Å²) < 4.78 is 1.89. The summed E-state index contributed by atoms with van der Waals surface area (Å²) in [6, 6.07) is 8.74. The van der Waals surface area contributed by atoms with E-state index in [1.165, 1.54) is 30.4 Å². The molecule has 3 atom stereocenters. The number of aliphatic imine (C=N–C) groups is 1. The maximum Gasteiger partial charge on any atom is 0.193 e. The Balaban J connectivity index is 0.00000289. The van der Waals surface area contributed by atoms with Crippen LogP contribution in [0.4, 0.5) is 0 Å². The summed E-state index contributed by atoms with van der Waals surface area (Å²) in [6.45, 7) is 4.17. The summed E-state index contributed by atoms with van der Waals surface area (Å²) in [5.74, 6) is 2.22. The van der Waals surface area contributed by atoms with Gasteiger partial charge in [0.05, 0.1) is 6.20 Å². The van der Waals surface area contributed by atoms with E-state index in [0.29, 0.717) is 17.9 Å². The second-order valence-corrected chi connectivity index (χ2v) is 9.57. The lowest BCUT2D eigenvalue weighted by molar-refractivity contribution is 0.122. The summed E-state index contributed by atoms with van der Waals surface area (Å²) >= 11 is 6.30. The van der Waals surface area contributed by atoms with Gasteiger partial charge in [-0.05, 0) is 74.4 Å². The minimum Gasteiger partial charge on any atom is -0.356 e. The zero-order valence-electron chi connectivity index (χ0n) is 19.4. The fourth-order valence-electron chi connectivity index (χ4n) is 5.35. The standard InChI is InChI=1S/C24H35ClN6.HI/c1-26-24(31-11-9-18(17-31)12-19-14-28-30(3)16-19)27-15-21-7-5-10-29(2)23(21)20-6-4-8-22(25)13-20;/h4,6,8,13-14,16,18,21,23H,5,7,9-12,15,17H2,1-3H3,(H,26,27);1H. The van der Waals surface area contributed by atoms with E-state index in [9.17, 15) is 0 Å². The van der Waals surface area contributed by atoms with Crippen LogP contribution in [0.5, 0.6) is 0 Å². The second-order valence-electron chi connectivity index (χ2n) is 9.14. The third-order valence-electron chi connectivity index (χ3n) is 6.80. The van der Waals surface area contributed by atoms with Crippen LogP contribution in [0.1, 0.15) is 36.4 Å². The number of guanidine groups is 1. The van der Waals surface area contributed by atoms with Crippen LogP contribution in [0.3, 0.4) is 0 Å². The van der Waals surface area contributed by atoms with Crippen LogP contribution >= 0.6 is 35.6 Å². The monoisotopic (exact) mass is 570 g/mol. The summed E-state index contributed by atoms with van der Waals surface area (Å²) in [5, 5.41) is 8.83. The van der Waals surface area contributed by atoms with Crippen molar-refractivity contribution < 1.29 is 0 Å². The molecular formula is C24H36ClIN6. The Bertz CT molecular complexity index is 900. The molecule has 1 N–H and O–H groups in total. The number of likely N-dealkylation sites (tertiary alicyclic amines) is 2. The number of halogens is 2. The highest BCUT2D eigenvalue weighted by atomic mass is 127. The first-order chi connectivity index (χ1) is 15.0. The number of nitrogens with zero attached hydrogens (tertiary/aromatic N) is 5. The summed E-state index contributed by atoms with van der Waals surface area (Å²) in [5.41, 5.74) is 2.64. The number of rotatable bonds is 5. The van der Waals surface area contributed by atoms with Gasteiger partial charge in [0, 0.05) is 51.0 Å². The van der Waals surface area contributed by atoms with E-state index in [-0.39, 0.29) is 24.0 Å². The zero-order valence-corrected chi connectivity index (χ0v) is 22.5. The van der Waals surface area contributed by atoms with E-state index in [1.54, 1.807) is 0 Å². The van der Waals surface area contributed by atoms with Crippen LogP contribution < -0.4 is 5.32 Å². The molecule has 0 spiro atoms.